The Morgan fingerprint density at radius 2 is 2.00 bits per heavy atom. The molecule has 2 rings (SSSR count). The van der Waals surface area contributed by atoms with Gasteiger partial charge < -0.3 is 16.0 Å². The van der Waals surface area contributed by atoms with Crippen molar-refractivity contribution in [3.8, 4) is 0 Å². The standard InChI is InChI=1S/C14H21N3O/c15-13-7-2-1-6-12(13)14(18)16-8-5-11-17-9-3-4-10-17/h1-2,6-7H,3-5,8-11,15H2,(H,16,18). The van der Waals surface area contributed by atoms with Gasteiger partial charge in [-0.1, -0.05) is 12.1 Å². The van der Waals surface area contributed by atoms with E-state index in [0.717, 1.165) is 13.0 Å². The minimum absolute atomic E-state index is 0.0745. The summed E-state index contributed by atoms with van der Waals surface area (Å²) in [5, 5.41) is 2.92. The first-order chi connectivity index (χ1) is 8.77. The first kappa shape index (κ1) is 12.9. The molecule has 1 aromatic rings. The molecule has 4 heteroatoms. The summed E-state index contributed by atoms with van der Waals surface area (Å²) >= 11 is 0. The number of hydrogen-bond acceptors (Lipinski definition) is 3. The molecule has 0 saturated carbocycles. The monoisotopic (exact) mass is 247 g/mol. The number of carbonyl (C=O) groups excluding carboxylic acids is 1. The maximum absolute atomic E-state index is 11.9. The Bertz CT molecular complexity index is 400. The van der Waals surface area contributed by atoms with E-state index in [4.69, 9.17) is 5.73 Å². The molecule has 18 heavy (non-hydrogen) atoms. The quantitative estimate of drug-likeness (QED) is 0.612. The fourth-order valence-electron chi connectivity index (χ4n) is 2.31. The molecule has 0 radical (unpaired) electrons. The maximum atomic E-state index is 11.9. The lowest BCUT2D eigenvalue weighted by molar-refractivity contribution is 0.0953. The fraction of sp³-hybridized carbons (Fsp3) is 0.500. The largest absolute Gasteiger partial charge is 0.398 e. The molecule has 0 aliphatic carbocycles. The van der Waals surface area contributed by atoms with Crippen LogP contribution in [0.25, 0.3) is 0 Å². The van der Waals surface area contributed by atoms with Crippen LogP contribution in [0.3, 0.4) is 0 Å². The number of amides is 1. The number of nitrogen functional groups attached to an aromatic ring is 1. The molecule has 0 unspecified atom stereocenters. The predicted molar refractivity (Wildman–Crippen MR) is 73.5 cm³/mol. The Kier molecular flexibility index (Phi) is 4.59. The van der Waals surface area contributed by atoms with Crippen LogP contribution in [0, 0.1) is 0 Å². The van der Waals surface area contributed by atoms with Crippen molar-refractivity contribution in [2.75, 3.05) is 31.9 Å². The number of hydrogen-bond donors (Lipinski definition) is 2. The summed E-state index contributed by atoms with van der Waals surface area (Å²) in [6, 6.07) is 7.17. The molecule has 98 valence electrons. The van der Waals surface area contributed by atoms with Crippen molar-refractivity contribution >= 4 is 11.6 Å². The summed E-state index contributed by atoms with van der Waals surface area (Å²) in [5.41, 5.74) is 6.86. The van der Waals surface area contributed by atoms with Gasteiger partial charge in [-0.15, -0.1) is 0 Å². The Labute approximate surface area is 108 Å². The normalized spacial score (nSPS) is 15.8. The first-order valence-electron chi connectivity index (χ1n) is 6.62. The second-order valence-electron chi connectivity index (χ2n) is 4.75. The maximum Gasteiger partial charge on any atom is 0.253 e. The van der Waals surface area contributed by atoms with E-state index in [2.05, 4.69) is 10.2 Å². The minimum atomic E-state index is -0.0745. The number of carbonyl (C=O) groups is 1. The van der Waals surface area contributed by atoms with Crippen LogP contribution in [0.4, 0.5) is 5.69 Å². The van der Waals surface area contributed by atoms with Gasteiger partial charge in [0, 0.05) is 12.2 Å². The minimum Gasteiger partial charge on any atom is -0.398 e. The van der Waals surface area contributed by atoms with Crippen LogP contribution < -0.4 is 11.1 Å². The highest BCUT2D eigenvalue weighted by atomic mass is 16.1. The van der Waals surface area contributed by atoms with E-state index in [1.54, 1.807) is 12.1 Å². The van der Waals surface area contributed by atoms with E-state index in [-0.39, 0.29) is 5.91 Å². The van der Waals surface area contributed by atoms with E-state index < -0.39 is 0 Å². The summed E-state index contributed by atoms with van der Waals surface area (Å²) in [4.78, 5) is 14.3. The second-order valence-corrected chi connectivity index (χ2v) is 4.75. The van der Waals surface area contributed by atoms with Crippen LogP contribution in [-0.4, -0.2) is 37.0 Å². The Morgan fingerprint density at radius 3 is 2.72 bits per heavy atom. The zero-order valence-electron chi connectivity index (χ0n) is 10.7. The number of nitrogens with two attached hydrogens (primary N) is 1. The molecule has 1 aliphatic rings. The smallest absolute Gasteiger partial charge is 0.253 e. The molecular weight excluding hydrogens is 226 g/mol. The third kappa shape index (κ3) is 3.47. The van der Waals surface area contributed by atoms with Gasteiger partial charge in [-0.2, -0.15) is 0 Å². The van der Waals surface area contributed by atoms with Gasteiger partial charge in [-0.05, 0) is 51.0 Å². The van der Waals surface area contributed by atoms with E-state index in [1.807, 2.05) is 12.1 Å². The molecule has 0 spiro atoms. The molecule has 3 N–H and O–H groups in total. The second kappa shape index (κ2) is 6.40. The zero-order chi connectivity index (χ0) is 12.8. The van der Waals surface area contributed by atoms with E-state index in [1.165, 1.54) is 25.9 Å². The number of likely N-dealkylation sites (tertiary alicyclic amines) is 1. The Balaban J connectivity index is 1.70. The number of rotatable bonds is 5. The topological polar surface area (TPSA) is 58.4 Å². The molecule has 0 atom stereocenters. The van der Waals surface area contributed by atoms with Crippen LogP contribution in [0.1, 0.15) is 29.6 Å². The van der Waals surface area contributed by atoms with Gasteiger partial charge in [-0.25, -0.2) is 0 Å². The Hall–Kier alpha value is -1.55. The number of nitrogens with zero attached hydrogens (tertiary/aromatic N) is 1. The van der Waals surface area contributed by atoms with Crippen molar-refractivity contribution < 1.29 is 4.79 Å². The lowest BCUT2D eigenvalue weighted by Crippen LogP contribution is -2.29. The number of anilines is 1. The van der Waals surface area contributed by atoms with Gasteiger partial charge in [0.05, 0.1) is 5.56 Å². The van der Waals surface area contributed by atoms with Crippen molar-refractivity contribution in [2.45, 2.75) is 19.3 Å². The van der Waals surface area contributed by atoms with Crippen LogP contribution in [0.15, 0.2) is 24.3 Å². The molecule has 0 aromatic heterocycles. The first-order valence-corrected chi connectivity index (χ1v) is 6.62. The molecule has 1 saturated heterocycles. The van der Waals surface area contributed by atoms with Crippen LogP contribution >= 0.6 is 0 Å². The molecular formula is C14H21N3O. The molecule has 1 heterocycles. The molecule has 1 aromatic carbocycles. The summed E-state index contributed by atoms with van der Waals surface area (Å²) in [6.07, 6.45) is 3.62. The van der Waals surface area contributed by atoms with Crippen molar-refractivity contribution in [2.24, 2.45) is 0 Å². The van der Waals surface area contributed by atoms with E-state index in [0.29, 0.717) is 17.8 Å². The molecule has 4 nitrogen and oxygen atoms in total. The van der Waals surface area contributed by atoms with Gasteiger partial charge in [0.15, 0.2) is 0 Å². The van der Waals surface area contributed by atoms with Gasteiger partial charge >= 0.3 is 0 Å². The van der Waals surface area contributed by atoms with Crippen LogP contribution in [-0.2, 0) is 0 Å². The molecule has 0 bridgehead atoms. The Morgan fingerprint density at radius 1 is 1.28 bits per heavy atom. The van der Waals surface area contributed by atoms with Crippen molar-refractivity contribution in [3.05, 3.63) is 29.8 Å². The van der Waals surface area contributed by atoms with E-state index in [9.17, 15) is 4.79 Å². The summed E-state index contributed by atoms with van der Waals surface area (Å²) in [6.45, 7) is 4.20. The third-order valence-corrected chi connectivity index (χ3v) is 3.34. The average molecular weight is 247 g/mol. The van der Waals surface area contributed by atoms with Crippen molar-refractivity contribution in [3.63, 3.8) is 0 Å². The number of benzene rings is 1. The molecule has 1 fully saturated rings. The van der Waals surface area contributed by atoms with Gasteiger partial charge in [0.1, 0.15) is 0 Å². The van der Waals surface area contributed by atoms with E-state index >= 15 is 0 Å². The molecule has 1 aliphatic heterocycles. The lowest BCUT2D eigenvalue weighted by atomic mass is 10.1. The summed E-state index contributed by atoms with van der Waals surface area (Å²) in [5.74, 6) is -0.0745. The van der Waals surface area contributed by atoms with Gasteiger partial charge in [0.2, 0.25) is 0 Å². The van der Waals surface area contributed by atoms with Gasteiger partial charge in [0.25, 0.3) is 5.91 Å². The fourth-order valence-corrected chi connectivity index (χ4v) is 2.31. The third-order valence-electron chi connectivity index (χ3n) is 3.34. The highest BCUT2D eigenvalue weighted by molar-refractivity contribution is 5.98. The van der Waals surface area contributed by atoms with Crippen molar-refractivity contribution in [1.29, 1.82) is 0 Å². The number of para-hydroxylation sites is 1. The highest BCUT2D eigenvalue weighted by Gasteiger charge is 2.11. The average Bonchev–Trinajstić information content (AvgIpc) is 2.88. The molecule has 1 amide bonds. The summed E-state index contributed by atoms with van der Waals surface area (Å²) in [7, 11) is 0. The number of nitrogens with one attached hydrogen (secondary N) is 1. The van der Waals surface area contributed by atoms with Crippen LogP contribution in [0.2, 0.25) is 0 Å². The predicted octanol–water partition coefficient (Wildman–Crippen LogP) is 1.48. The van der Waals surface area contributed by atoms with Crippen LogP contribution in [0.5, 0.6) is 0 Å². The lowest BCUT2D eigenvalue weighted by Gasteiger charge is -2.14. The SMILES string of the molecule is Nc1ccccc1C(=O)NCCCN1CCCC1. The zero-order valence-corrected chi connectivity index (χ0v) is 10.7. The summed E-state index contributed by atoms with van der Waals surface area (Å²) < 4.78 is 0. The van der Waals surface area contributed by atoms with Gasteiger partial charge in [-0.3, -0.25) is 4.79 Å². The van der Waals surface area contributed by atoms with Crippen molar-refractivity contribution in [1.82, 2.24) is 10.2 Å². The highest BCUT2D eigenvalue weighted by Crippen LogP contribution is 2.10.